The molecule has 0 radical (unpaired) electrons. The van der Waals surface area contributed by atoms with E-state index in [0.717, 1.165) is 15.9 Å². The zero-order valence-corrected chi connectivity index (χ0v) is 13.1. The molecule has 0 bridgehead atoms. The first-order valence-corrected chi connectivity index (χ1v) is 7.00. The Morgan fingerprint density at radius 1 is 1.38 bits per heavy atom. The summed E-state index contributed by atoms with van der Waals surface area (Å²) in [6.45, 7) is 0.0524. The van der Waals surface area contributed by atoms with E-state index in [1.54, 1.807) is 0 Å². The maximum absolute atomic E-state index is 12.1. The molecule has 10 heteroatoms. The molecule has 0 saturated carbocycles. The van der Waals surface area contributed by atoms with Crippen molar-refractivity contribution >= 4 is 28.8 Å². The van der Waals surface area contributed by atoms with Crippen molar-refractivity contribution in [2.24, 2.45) is 14.1 Å². The van der Waals surface area contributed by atoms with Crippen LogP contribution >= 0.6 is 22.9 Å². The Labute approximate surface area is 128 Å². The van der Waals surface area contributed by atoms with Gasteiger partial charge in [0.2, 0.25) is 9.47 Å². The summed E-state index contributed by atoms with van der Waals surface area (Å²) < 4.78 is 2.46. The highest BCUT2D eigenvalue weighted by atomic mass is 35.5. The molecule has 0 N–H and O–H groups in total. The first-order valence-electron chi connectivity index (χ1n) is 5.81. The van der Waals surface area contributed by atoms with Crippen LogP contribution in [0.5, 0.6) is 0 Å². The highest BCUT2D eigenvalue weighted by molar-refractivity contribution is 7.17. The third-order valence-corrected chi connectivity index (χ3v) is 3.86. The van der Waals surface area contributed by atoms with Crippen LogP contribution < -0.4 is 11.2 Å². The van der Waals surface area contributed by atoms with Crippen molar-refractivity contribution in [3.05, 3.63) is 42.1 Å². The molecule has 0 aliphatic carbocycles. The molecule has 2 rings (SSSR count). The van der Waals surface area contributed by atoms with E-state index in [2.05, 4.69) is 10.2 Å². The van der Waals surface area contributed by atoms with Gasteiger partial charge in [0.05, 0.1) is 12.1 Å². The number of carbonyl (C=O) groups is 1. The molecule has 2 aromatic rings. The Kier molecular flexibility index (Phi) is 4.24. The Bertz CT molecular complexity index is 809. The third kappa shape index (κ3) is 3.03. The lowest BCUT2D eigenvalue weighted by Crippen LogP contribution is -2.40. The van der Waals surface area contributed by atoms with E-state index < -0.39 is 17.2 Å². The van der Waals surface area contributed by atoms with Crippen LogP contribution in [0, 0.1) is 0 Å². The lowest BCUT2D eigenvalue weighted by Gasteiger charge is -2.16. The lowest BCUT2D eigenvalue weighted by molar-refractivity contribution is 0.0783. The first-order chi connectivity index (χ1) is 9.81. The summed E-state index contributed by atoms with van der Waals surface area (Å²) in [6.07, 6.45) is 1.42. The summed E-state index contributed by atoms with van der Waals surface area (Å²) in [5.74, 6) is -0.393. The van der Waals surface area contributed by atoms with E-state index in [4.69, 9.17) is 11.6 Å². The van der Waals surface area contributed by atoms with Gasteiger partial charge < -0.3 is 9.47 Å². The average Bonchev–Trinajstić information content (AvgIpc) is 2.88. The van der Waals surface area contributed by atoms with Crippen LogP contribution in [0.3, 0.4) is 0 Å². The molecule has 2 aromatic heterocycles. The van der Waals surface area contributed by atoms with E-state index in [-0.39, 0.29) is 16.0 Å². The predicted octanol–water partition coefficient (Wildman–Crippen LogP) is -0.139. The highest BCUT2D eigenvalue weighted by Crippen LogP contribution is 2.16. The molecule has 112 valence electrons. The molecule has 1 amide bonds. The Morgan fingerprint density at radius 2 is 2.05 bits per heavy atom. The minimum atomic E-state index is -0.437. The Balaban J connectivity index is 2.28. The monoisotopic (exact) mass is 329 g/mol. The van der Waals surface area contributed by atoms with Gasteiger partial charge in [-0.1, -0.05) is 11.3 Å². The minimum absolute atomic E-state index is 0.0524. The van der Waals surface area contributed by atoms with E-state index in [1.807, 2.05) is 0 Å². The van der Waals surface area contributed by atoms with E-state index >= 15 is 0 Å². The van der Waals surface area contributed by atoms with Gasteiger partial charge in [-0.15, -0.1) is 10.2 Å². The number of aromatic nitrogens is 4. The maximum Gasteiger partial charge on any atom is 0.330 e. The van der Waals surface area contributed by atoms with Gasteiger partial charge >= 0.3 is 5.69 Å². The van der Waals surface area contributed by atoms with Crippen LogP contribution in [0.4, 0.5) is 0 Å². The third-order valence-electron chi connectivity index (χ3n) is 2.85. The second-order valence-electron chi connectivity index (χ2n) is 4.43. The molecule has 0 fully saturated rings. The van der Waals surface area contributed by atoms with E-state index in [9.17, 15) is 14.4 Å². The van der Waals surface area contributed by atoms with Crippen molar-refractivity contribution in [1.29, 1.82) is 0 Å². The molecular weight excluding hydrogens is 318 g/mol. The number of aryl methyl sites for hydroxylation is 1. The normalized spacial score (nSPS) is 10.7. The van der Waals surface area contributed by atoms with Crippen LogP contribution in [0.15, 0.2) is 15.8 Å². The predicted molar refractivity (Wildman–Crippen MR) is 77.6 cm³/mol. The van der Waals surface area contributed by atoms with E-state index in [0.29, 0.717) is 5.56 Å². The van der Waals surface area contributed by atoms with Crippen LogP contribution in [-0.2, 0) is 20.6 Å². The fraction of sp³-hybridized carbons (Fsp3) is 0.364. The largest absolute Gasteiger partial charge is 0.335 e. The van der Waals surface area contributed by atoms with Gasteiger partial charge in [0.15, 0.2) is 0 Å². The summed E-state index contributed by atoms with van der Waals surface area (Å²) in [5, 5.41) is 7.36. The fourth-order valence-electron chi connectivity index (χ4n) is 1.77. The van der Waals surface area contributed by atoms with Gasteiger partial charge in [-0.05, 0) is 11.6 Å². The van der Waals surface area contributed by atoms with Crippen LogP contribution in [-0.4, -0.2) is 37.2 Å². The van der Waals surface area contributed by atoms with E-state index in [1.165, 1.54) is 36.8 Å². The van der Waals surface area contributed by atoms with Crippen LogP contribution in [0.25, 0.3) is 0 Å². The first kappa shape index (κ1) is 15.4. The van der Waals surface area contributed by atoms with Crippen molar-refractivity contribution in [2.75, 3.05) is 7.05 Å². The molecule has 0 saturated heterocycles. The average molecular weight is 330 g/mol. The van der Waals surface area contributed by atoms with Crippen molar-refractivity contribution in [3.63, 3.8) is 0 Å². The van der Waals surface area contributed by atoms with Gasteiger partial charge in [0.1, 0.15) is 0 Å². The summed E-state index contributed by atoms with van der Waals surface area (Å²) in [4.78, 5) is 37.0. The molecule has 0 atom stereocenters. The second kappa shape index (κ2) is 5.78. The number of hydrogen-bond donors (Lipinski definition) is 0. The molecule has 21 heavy (non-hydrogen) atoms. The fourth-order valence-corrected chi connectivity index (χ4v) is 2.60. The van der Waals surface area contributed by atoms with Gasteiger partial charge in [-0.3, -0.25) is 14.2 Å². The Morgan fingerprint density at radius 3 is 2.62 bits per heavy atom. The summed E-state index contributed by atoms with van der Waals surface area (Å²) >= 11 is 6.60. The van der Waals surface area contributed by atoms with Crippen molar-refractivity contribution in [3.8, 4) is 0 Å². The maximum atomic E-state index is 12.1. The molecule has 0 aliphatic rings. The van der Waals surface area contributed by atoms with Gasteiger partial charge in [0.25, 0.3) is 11.5 Å². The minimum Gasteiger partial charge on any atom is -0.335 e. The summed E-state index contributed by atoms with van der Waals surface area (Å²) in [6, 6.07) is 0. The zero-order chi connectivity index (χ0) is 15.7. The second-order valence-corrected chi connectivity index (χ2v) is 5.99. The smallest absolute Gasteiger partial charge is 0.330 e. The van der Waals surface area contributed by atoms with Crippen LogP contribution in [0.1, 0.15) is 15.4 Å². The summed E-state index contributed by atoms with van der Waals surface area (Å²) in [7, 11) is 4.46. The molecule has 2 heterocycles. The lowest BCUT2D eigenvalue weighted by atomic mass is 10.3. The quantitative estimate of drug-likeness (QED) is 0.782. The molecular formula is C11H12ClN5O3S. The number of rotatable bonds is 3. The highest BCUT2D eigenvalue weighted by Gasteiger charge is 2.19. The molecule has 0 spiro atoms. The van der Waals surface area contributed by atoms with Crippen molar-refractivity contribution < 1.29 is 4.79 Å². The number of halogens is 1. The van der Waals surface area contributed by atoms with Crippen LogP contribution in [0.2, 0.25) is 4.47 Å². The molecule has 8 nitrogen and oxygen atoms in total. The van der Waals surface area contributed by atoms with Gasteiger partial charge in [0, 0.05) is 27.3 Å². The summed E-state index contributed by atoms with van der Waals surface area (Å²) in [5.41, 5.74) is -0.534. The zero-order valence-electron chi connectivity index (χ0n) is 11.5. The van der Waals surface area contributed by atoms with Gasteiger partial charge in [-0.25, -0.2) is 4.79 Å². The standard InChI is InChI=1S/C11H12ClN5O3S/c1-15(9(19)7-13-14-10(12)21-7)4-6-5-16(2)11(20)17(3)8(6)18/h5H,4H2,1-3H3. The topological polar surface area (TPSA) is 90.1 Å². The number of nitrogens with zero attached hydrogens (tertiary/aromatic N) is 5. The van der Waals surface area contributed by atoms with Crippen molar-refractivity contribution in [1.82, 2.24) is 24.2 Å². The molecule has 0 unspecified atom stereocenters. The number of carbonyl (C=O) groups excluding carboxylic acids is 1. The van der Waals surface area contributed by atoms with Crippen molar-refractivity contribution in [2.45, 2.75) is 6.54 Å². The van der Waals surface area contributed by atoms with Gasteiger partial charge in [-0.2, -0.15) is 0 Å². The SMILES string of the molecule is CN(Cc1cn(C)c(=O)n(C)c1=O)C(=O)c1nnc(Cl)s1. The Hall–Kier alpha value is -2.00. The number of amides is 1. The molecule has 0 aromatic carbocycles. The number of hydrogen-bond acceptors (Lipinski definition) is 6. The molecule has 0 aliphatic heterocycles.